The van der Waals surface area contributed by atoms with Crippen LogP contribution in [0, 0.1) is 5.92 Å². The normalized spacial score (nSPS) is 23.2. The van der Waals surface area contributed by atoms with Crippen molar-refractivity contribution in [2.75, 3.05) is 25.0 Å². The van der Waals surface area contributed by atoms with Crippen molar-refractivity contribution >= 4 is 5.69 Å². The van der Waals surface area contributed by atoms with E-state index in [0.717, 1.165) is 12.5 Å². The predicted octanol–water partition coefficient (Wildman–Crippen LogP) is 2.59. The van der Waals surface area contributed by atoms with E-state index in [2.05, 4.69) is 28.8 Å². The lowest BCUT2D eigenvalue weighted by molar-refractivity contribution is 0.533. The Morgan fingerprint density at radius 2 is 2.24 bits per heavy atom. The van der Waals surface area contributed by atoms with Gasteiger partial charge in [0.2, 0.25) is 0 Å². The Kier molecular flexibility index (Phi) is 3.32. The van der Waals surface area contributed by atoms with Crippen LogP contribution in [0.2, 0.25) is 0 Å². The zero-order valence-electron chi connectivity index (χ0n) is 10.5. The Hall–Kier alpha value is -1.02. The molecule has 1 atom stereocenters. The van der Waals surface area contributed by atoms with Gasteiger partial charge in [-0.25, -0.2) is 0 Å². The summed E-state index contributed by atoms with van der Waals surface area (Å²) in [5.41, 5.74) is 4.42. The number of aryl methyl sites for hydroxylation is 2. The summed E-state index contributed by atoms with van der Waals surface area (Å²) in [4.78, 5) is 0. The maximum atomic E-state index is 3.48. The van der Waals surface area contributed by atoms with Gasteiger partial charge < -0.3 is 10.6 Å². The predicted molar refractivity (Wildman–Crippen MR) is 72.6 cm³/mol. The van der Waals surface area contributed by atoms with Crippen molar-refractivity contribution in [3.63, 3.8) is 0 Å². The van der Waals surface area contributed by atoms with E-state index in [0.29, 0.717) is 0 Å². The molecule has 1 aromatic carbocycles. The molecule has 2 aliphatic rings. The molecule has 2 nitrogen and oxygen atoms in total. The fourth-order valence-electron chi connectivity index (χ4n) is 3.02. The van der Waals surface area contributed by atoms with E-state index in [9.17, 15) is 0 Å². The maximum Gasteiger partial charge on any atom is 0.0372 e. The van der Waals surface area contributed by atoms with Crippen LogP contribution in [0.3, 0.4) is 0 Å². The van der Waals surface area contributed by atoms with Gasteiger partial charge >= 0.3 is 0 Å². The summed E-state index contributed by atoms with van der Waals surface area (Å²) in [7, 11) is 0. The topological polar surface area (TPSA) is 24.1 Å². The zero-order chi connectivity index (χ0) is 11.5. The lowest BCUT2D eigenvalue weighted by Crippen LogP contribution is -2.12. The first-order chi connectivity index (χ1) is 8.42. The van der Waals surface area contributed by atoms with E-state index >= 15 is 0 Å². The number of rotatable bonds is 3. The Morgan fingerprint density at radius 1 is 1.24 bits per heavy atom. The molecule has 1 unspecified atom stereocenters. The molecule has 1 aromatic rings. The van der Waals surface area contributed by atoms with Crippen LogP contribution in [-0.4, -0.2) is 19.6 Å². The van der Waals surface area contributed by atoms with E-state index in [1.807, 2.05) is 0 Å². The highest BCUT2D eigenvalue weighted by Gasteiger charge is 2.14. The van der Waals surface area contributed by atoms with Crippen LogP contribution in [0.15, 0.2) is 18.2 Å². The average molecular weight is 230 g/mol. The molecule has 3 rings (SSSR count). The monoisotopic (exact) mass is 230 g/mol. The second-order valence-electron chi connectivity index (χ2n) is 5.42. The van der Waals surface area contributed by atoms with Gasteiger partial charge in [0.15, 0.2) is 0 Å². The molecule has 0 aliphatic carbocycles. The molecule has 0 radical (unpaired) electrons. The minimum Gasteiger partial charge on any atom is -0.385 e. The Balaban J connectivity index is 1.62. The first-order valence-electron chi connectivity index (χ1n) is 6.98. The van der Waals surface area contributed by atoms with Gasteiger partial charge in [0, 0.05) is 12.2 Å². The first kappa shape index (κ1) is 11.1. The third kappa shape index (κ3) is 2.63. The van der Waals surface area contributed by atoms with Crippen molar-refractivity contribution in [3.8, 4) is 0 Å². The van der Waals surface area contributed by atoms with Gasteiger partial charge in [0.25, 0.3) is 0 Å². The van der Waals surface area contributed by atoms with Gasteiger partial charge in [0.05, 0.1) is 0 Å². The minimum absolute atomic E-state index is 0.907. The highest BCUT2D eigenvalue weighted by Crippen LogP contribution is 2.24. The number of hydrogen-bond donors (Lipinski definition) is 2. The highest BCUT2D eigenvalue weighted by atomic mass is 14.9. The summed E-state index contributed by atoms with van der Waals surface area (Å²) < 4.78 is 0. The first-order valence-corrected chi connectivity index (χ1v) is 6.98. The minimum atomic E-state index is 0.907. The molecular weight excluding hydrogens is 208 g/mol. The summed E-state index contributed by atoms with van der Waals surface area (Å²) in [6.07, 6.45) is 6.50. The number of hydrogen-bond acceptors (Lipinski definition) is 2. The van der Waals surface area contributed by atoms with Crippen LogP contribution in [0.5, 0.6) is 0 Å². The quantitative estimate of drug-likeness (QED) is 0.834. The van der Waals surface area contributed by atoms with E-state index < -0.39 is 0 Å². The molecule has 2 heteroatoms. The van der Waals surface area contributed by atoms with Crippen molar-refractivity contribution in [2.45, 2.75) is 32.1 Å². The lowest BCUT2D eigenvalue weighted by Gasteiger charge is -2.19. The maximum absolute atomic E-state index is 3.48. The third-order valence-corrected chi connectivity index (χ3v) is 4.11. The number of benzene rings is 1. The molecule has 2 N–H and O–H groups in total. The second-order valence-corrected chi connectivity index (χ2v) is 5.42. The molecule has 0 amide bonds. The summed E-state index contributed by atoms with van der Waals surface area (Å²) in [6, 6.07) is 7.00. The SMILES string of the molecule is c1cc2c(cc1CCC1CCNC1)CCCN2. The summed E-state index contributed by atoms with van der Waals surface area (Å²) in [6.45, 7) is 3.59. The number of nitrogens with one attached hydrogen (secondary N) is 2. The van der Waals surface area contributed by atoms with Crippen molar-refractivity contribution in [1.29, 1.82) is 0 Å². The van der Waals surface area contributed by atoms with Crippen molar-refractivity contribution < 1.29 is 0 Å². The Labute approximate surface area is 104 Å². The standard InChI is InChI=1S/C15H22N2/c1-2-14-10-12(5-6-15(14)17-8-1)3-4-13-7-9-16-11-13/h5-6,10,13,16-17H,1-4,7-9,11H2. The van der Waals surface area contributed by atoms with E-state index in [-0.39, 0.29) is 0 Å². The molecule has 0 bridgehead atoms. The largest absolute Gasteiger partial charge is 0.385 e. The van der Waals surface area contributed by atoms with Crippen LogP contribution >= 0.6 is 0 Å². The van der Waals surface area contributed by atoms with Crippen LogP contribution in [-0.2, 0) is 12.8 Å². The molecule has 1 saturated heterocycles. The van der Waals surface area contributed by atoms with Gasteiger partial charge in [-0.1, -0.05) is 12.1 Å². The molecule has 92 valence electrons. The molecular formula is C15H22N2. The van der Waals surface area contributed by atoms with Gasteiger partial charge in [-0.3, -0.25) is 0 Å². The molecule has 2 aliphatic heterocycles. The molecule has 0 saturated carbocycles. The zero-order valence-corrected chi connectivity index (χ0v) is 10.5. The van der Waals surface area contributed by atoms with Crippen molar-refractivity contribution in [3.05, 3.63) is 29.3 Å². The second kappa shape index (κ2) is 5.09. The summed E-state index contributed by atoms with van der Waals surface area (Å²) >= 11 is 0. The summed E-state index contributed by atoms with van der Waals surface area (Å²) in [5.74, 6) is 0.907. The summed E-state index contributed by atoms with van der Waals surface area (Å²) in [5, 5.41) is 6.93. The fourth-order valence-corrected chi connectivity index (χ4v) is 3.02. The van der Waals surface area contributed by atoms with Crippen LogP contribution in [0.1, 0.15) is 30.4 Å². The van der Waals surface area contributed by atoms with Crippen LogP contribution in [0.25, 0.3) is 0 Å². The van der Waals surface area contributed by atoms with Gasteiger partial charge in [-0.15, -0.1) is 0 Å². The van der Waals surface area contributed by atoms with Gasteiger partial charge in [-0.2, -0.15) is 0 Å². The molecule has 0 aromatic heterocycles. The molecule has 1 fully saturated rings. The smallest absolute Gasteiger partial charge is 0.0372 e. The lowest BCUT2D eigenvalue weighted by atomic mass is 9.95. The van der Waals surface area contributed by atoms with E-state index in [4.69, 9.17) is 0 Å². The molecule has 0 spiro atoms. The number of anilines is 1. The van der Waals surface area contributed by atoms with Crippen molar-refractivity contribution in [1.82, 2.24) is 5.32 Å². The van der Waals surface area contributed by atoms with Crippen molar-refractivity contribution in [2.24, 2.45) is 5.92 Å². The van der Waals surface area contributed by atoms with Crippen LogP contribution in [0.4, 0.5) is 5.69 Å². The highest BCUT2D eigenvalue weighted by molar-refractivity contribution is 5.54. The van der Waals surface area contributed by atoms with E-state index in [1.54, 1.807) is 0 Å². The average Bonchev–Trinajstić information content (AvgIpc) is 2.89. The Bertz CT molecular complexity index is 381. The number of fused-ring (bicyclic) bond motifs is 1. The van der Waals surface area contributed by atoms with Crippen LogP contribution < -0.4 is 10.6 Å². The van der Waals surface area contributed by atoms with Gasteiger partial charge in [-0.05, 0) is 68.3 Å². The Morgan fingerprint density at radius 3 is 3.12 bits per heavy atom. The molecule has 17 heavy (non-hydrogen) atoms. The molecule has 2 heterocycles. The third-order valence-electron chi connectivity index (χ3n) is 4.11. The fraction of sp³-hybridized carbons (Fsp3) is 0.600. The van der Waals surface area contributed by atoms with E-state index in [1.165, 1.54) is 62.0 Å². The van der Waals surface area contributed by atoms with Gasteiger partial charge in [0.1, 0.15) is 0 Å².